The lowest BCUT2D eigenvalue weighted by molar-refractivity contribution is -0.136. The number of rotatable bonds is 5. The Bertz CT molecular complexity index is 1120. The van der Waals surface area contributed by atoms with E-state index in [0.29, 0.717) is 11.1 Å². The summed E-state index contributed by atoms with van der Waals surface area (Å²) in [5, 5.41) is 17.7. The highest BCUT2D eigenvalue weighted by Gasteiger charge is 2.39. The van der Waals surface area contributed by atoms with Gasteiger partial charge >= 0.3 is 0 Å². The maximum atomic E-state index is 13.0. The van der Waals surface area contributed by atoms with E-state index in [1.165, 1.54) is 0 Å². The molecule has 2 N–H and O–H groups in total. The lowest BCUT2D eigenvalue weighted by Gasteiger charge is -2.27. The molecule has 0 saturated heterocycles. The number of fused-ring (bicyclic) bond motifs is 1. The van der Waals surface area contributed by atoms with Gasteiger partial charge in [0.25, 0.3) is 5.91 Å². The third kappa shape index (κ3) is 3.79. The van der Waals surface area contributed by atoms with Gasteiger partial charge in [-0.05, 0) is 33.5 Å². The second-order valence-corrected chi connectivity index (χ2v) is 6.75. The zero-order valence-electron chi connectivity index (χ0n) is 15.7. The van der Waals surface area contributed by atoms with Gasteiger partial charge in [0.1, 0.15) is 0 Å². The van der Waals surface area contributed by atoms with Gasteiger partial charge in [-0.25, -0.2) is 5.43 Å². The maximum absolute atomic E-state index is 13.0. The van der Waals surface area contributed by atoms with Crippen LogP contribution in [0.2, 0.25) is 0 Å². The Hall–Kier alpha value is -3.76. The number of hydrazone groups is 1. The average Bonchev–Trinajstić information content (AvgIpc) is 2.79. The number of amides is 1. The summed E-state index contributed by atoms with van der Waals surface area (Å²) in [6.45, 7) is 0. The molecule has 4 aromatic rings. The van der Waals surface area contributed by atoms with E-state index in [1.54, 1.807) is 54.7 Å². The van der Waals surface area contributed by atoms with Crippen LogP contribution in [0.3, 0.4) is 0 Å². The molecule has 0 saturated carbocycles. The van der Waals surface area contributed by atoms with Crippen molar-refractivity contribution in [1.82, 2.24) is 5.43 Å². The second-order valence-electron chi connectivity index (χ2n) is 6.75. The molecule has 0 aliphatic rings. The largest absolute Gasteiger partial charge is 0.372 e. The highest BCUT2D eigenvalue weighted by molar-refractivity contribution is 5.93. The Kier molecular flexibility index (Phi) is 5.18. The number of carbonyl (C=O) groups is 1. The number of nitrogens with zero attached hydrogens (tertiary/aromatic N) is 1. The van der Waals surface area contributed by atoms with Crippen molar-refractivity contribution in [3.63, 3.8) is 0 Å². The highest BCUT2D eigenvalue weighted by Crippen LogP contribution is 2.29. The van der Waals surface area contributed by atoms with Crippen molar-refractivity contribution < 1.29 is 9.90 Å². The van der Waals surface area contributed by atoms with E-state index in [4.69, 9.17) is 0 Å². The van der Waals surface area contributed by atoms with Gasteiger partial charge in [0.15, 0.2) is 5.60 Å². The number of aliphatic hydroxyl groups is 1. The molecule has 0 aromatic heterocycles. The van der Waals surface area contributed by atoms with Crippen LogP contribution in [0.1, 0.15) is 16.7 Å². The molecule has 4 aromatic carbocycles. The summed E-state index contributed by atoms with van der Waals surface area (Å²) in [6.07, 6.45) is 1.57. The minimum atomic E-state index is -1.84. The van der Waals surface area contributed by atoms with Crippen LogP contribution in [0.5, 0.6) is 0 Å². The Morgan fingerprint density at radius 2 is 1.31 bits per heavy atom. The van der Waals surface area contributed by atoms with Crippen LogP contribution in [-0.2, 0) is 10.4 Å². The molecule has 0 spiro atoms. The van der Waals surface area contributed by atoms with Gasteiger partial charge in [-0.3, -0.25) is 4.79 Å². The Balaban J connectivity index is 1.60. The second kappa shape index (κ2) is 8.09. The maximum Gasteiger partial charge on any atom is 0.281 e. The number of carbonyl (C=O) groups excluding carboxylic acids is 1. The zero-order valence-corrected chi connectivity index (χ0v) is 15.7. The molecular weight excluding hydrogens is 360 g/mol. The third-order valence-electron chi connectivity index (χ3n) is 4.86. The lowest BCUT2D eigenvalue weighted by Crippen LogP contribution is -2.43. The van der Waals surface area contributed by atoms with E-state index in [9.17, 15) is 9.90 Å². The Morgan fingerprint density at radius 3 is 1.93 bits per heavy atom. The highest BCUT2D eigenvalue weighted by atomic mass is 16.3. The van der Waals surface area contributed by atoms with Crippen LogP contribution < -0.4 is 5.43 Å². The van der Waals surface area contributed by atoms with Gasteiger partial charge in [0.2, 0.25) is 0 Å². The molecule has 142 valence electrons. The van der Waals surface area contributed by atoms with Crippen LogP contribution in [-0.4, -0.2) is 17.2 Å². The first-order valence-electron chi connectivity index (χ1n) is 9.33. The monoisotopic (exact) mass is 380 g/mol. The minimum Gasteiger partial charge on any atom is -0.372 e. The molecule has 0 aliphatic heterocycles. The van der Waals surface area contributed by atoms with E-state index in [0.717, 1.165) is 16.3 Å². The summed E-state index contributed by atoms with van der Waals surface area (Å²) in [6, 6.07) is 31.7. The number of hydrogen-bond acceptors (Lipinski definition) is 3. The fraction of sp³-hybridized carbons (Fsp3) is 0.0400. The molecule has 4 rings (SSSR count). The van der Waals surface area contributed by atoms with Crippen LogP contribution in [0.15, 0.2) is 108 Å². The number of nitrogens with one attached hydrogen (secondary N) is 1. The van der Waals surface area contributed by atoms with Crippen LogP contribution in [0.4, 0.5) is 0 Å². The first-order chi connectivity index (χ1) is 14.2. The standard InChI is InChI=1S/C25H20N2O2/c28-24(27-26-18-19-15-16-20-9-7-8-10-21(20)17-19)25(29,22-11-3-1-4-12-22)23-13-5-2-6-14-23/h1-18,29H,(H,27,28). The SMILES string of the molecule is O=C(NN=Cc1ccc2ccccc2c1)C(O)(c1ccccc1)c1ccccc1. The van der Waals surface area contributed by atoms with Gasteiger partial charge in [-0.2, -0.15) is 5.10 Å². The lowest BCUT2D eigenvalue weighted by atomic mass is 9.85. The zero-order chi connectivity index (χ0) is 20.1. The molecule has 0 fully saturated rings. The van der Waals surface area contributed by atoms with Crippen molar-refractivity contribution in [3.05, 3.63) is 120 Å². The van der Waals surface area contributed by atoms with Crippen LogP contribution >= 0.6 is 0 Å². The quantitative estimate of drug-likeness (QED) is 0.402. The molecule has 0 bridgehead atoms. The van der Waals surface area contributed by atoms with E-state index < -0.39 is 11.5 Å². The molecule has 4 nitrogen and oxygen atoms in total. The Labute approximate surface area is 169 Å². The van der Waals surface area contributed by atoms with Gasteiger partial charge in [0, 0.05) is 0 Å². The molecule has 0 heterocycles. The first-order valence-corrected chi connectivity index (χ1v) is 9.33. The molecule has 0 atom stereocenters. The molecular formula is C25H20N2O2. The number of hydrogen-bond donors (Lipinski definition) is 2. The van der Waals surface area contributed by atoms with Crippen molar-refractivity contribution in [2.45, 2.75) is 5.60 Å². The fourth-order valence-corrected chi connectivity index (χ4v) is 3.32. The summed E-state index contributed by atoms with van der Waals surface area (Å²) in [4.78, 5) is 13.0. The summed E-state index contributed by atoms with van der Waals surface area (Å²) >= 11 is 0. The summed E-state index contributed by atoms with van der Waals surface area (Å²) in [5.74, 6) is -0.619. The van der Waals surface area contributed by atoms with Crippen molar-refractivity contribution >= 4 is 22.9 Å². The number of benzene rings is 4. The summed E-state index contributed by atoms with van der Waals surface area (Å²) in [7, 11) is 0. The van der Waals surface area contributed by atoms with Crippen LogP contribution in [0, 0.1) is 0 Å². The van der Waals surface area contributed by atoms with Crippen molar-refractivity contribution in [3.8, 4) is 0 Å². The third-order valence-corrected chi connectivity index (χ3v) is 4.86. The van der Waals surface area contributed by atoms with Crippen LogP contribution in [0.25, 0.3) is 10.8 Å². The first kappa shape index (κ1) is 18.6. The topological polar surface area (TPSA) is 61.7 Å². The molecule has 0 radical (unpaired) electrons. The van der Waals surface area contributed by atoms with Gasteiger partial charge < -0.3 is 5.11 Å². The Morgan fingerprint density at radius 1 is 0.759 bits per heavy atom. The molecule has 29 heavy (non-hydrogen) atoms. The van der Waals surface area contributed by atoms with E-state index in [2.05, 4.69) is 10.5 Å². The molecule has 0 unspecified atom stereocenters. The van der Waals surface area contributed by atoms with E-state index in [1.807, 2.05) is 54.6 Å². The van der Waals surface area contributed by atoms with Gasteiger partial charge in [-0.15, -0.1) is 0 Å². The average molecular weight is 380 g/mol. The van der Waals surface area contributed by atoms with E-state index >= 15 is 0 Å². The van der Waals surface area contributed by atoms with Gasteiger partial charge in [-0.1, -0.05) is 97.1 Å². The minimum absolute atomic E-state index is 0.476. The molecule has 4 heteroatoms. The predicted octanol–water partition coefficient (Wildman–Crippen LogP) is 4.23. The smallest absolute Gasteiger partial charge is 0.281 e. The fourth-order valence-electron chi connectivity index (χ4n) is 3.32. The molecule has 0 aliphatic carbocycles. The van der Waals surface area contributed by atoms with Crippen molar-refractivity contribution in [1.29, 1.82) is 0 Å². The normalized spacial score (nSPS) is 11.6. The predicted molar refractivity (Wildman–Crippen MR) is 116 cm³/mol. The summed E-state index contributed by atoms with van der Waals surface area (Å²) in [5.41, 5.74) is 2.46. The van der Waals surface area contributed by atoms with Gasteiger partial charge in [0.05, 0.1) is 6.21 Å². The van der Waals surface area contributed by atoms with E-state index in [-0.39, 0.29) is 0 Å². The van der Waals surface area contributed by atoms with Crippen molar-refractivity contribution in [2.24, 2.45) is 5.10 Å². The molecule has 1 amide bonds. The van der Waals surface area contributed by atoms with Crippen molar-refractivity contribution in [2.75, 3.05) is 0 Å². The summed E-state index contributed by atoms with van der Waals surface area (Å²) < 4.78 is 0.